The second-order valence-corrected chi connectivity index (χ2v) is 8.26. The summed E-state index contributed by atoms with van der Waals surface area (Å²) >= 11 is 0. The van der Waals surface area contributed by atoms with Crippen molar-refractivity contribution in [3.63, 3.8) is 0 Å². The first kappa shape index (κ1) is 23.3. The number of amides is 3. The Kier molecular flexibility index (Phi) is 7.87. The lowest BCUT2D eigenvalue weighted by Crippen LogP contribution is -2.63. The first-order chi connectivity index (χ1) is 15.5. The highest BCUT2D eigenvalue weighted by molar-refractivity contribution is 6.03. The predicted octanol–water partition coefficient (Wildman–Crippen LogP) is 3.61. The molecule has 0 bridgehead atoms. The third-order valence-corrected chi connectivity index (χ3v) is 6.23. The summed E-state index contributed by atoms with van der Waals surface area (Å²) in [5, 5.41) is 9.93. The molecule has 1 spiro atoms. The number of aryl methyl sites for hydroxylation is 1. The van der Waals surface area contributed by atoms with E-state index in [-0.39, 0.29) is 18.4 Å². The Balaban J connectivity index is 0.000000913. The average molecular weight is 438 g/mol. The number of carbonyl (C=O) groups is 3. The summed E-state index contributed by atoms with van der Waals surface area (Å²) in [7, 11) is 0. The third kappa shape index (κ3) is 5.10. The minimum absolute atomic E-state index is 0.0725. The lowest BCUT2D eigenvalue weighted by Gasteiger charge is -2.44. The molecule has 2 aliphatic rings. The van der Waals surface area contributed by atoms with Crippen molar-refractivity contribution >= 4 is 24.1 Å². The molecule has 2 saturated heterocycles. The Morgan fingerprint density at radius 3 is 2.34 bits per heavy atom. The molecular formula is C25H31N3O4. The molecule has 170 valence electrons. The molecule has 0 aliphatic carbocycles. The number of nitrogens with zero attached hydrogens (tertiary/aromatic N) is 2. The Labute approximate surface area is 189 Å². The maximum absolute atomic E-state index is 13.5. The number of anilines is 1. The van der Waals surface area contributed by atoms with Crippen LogP contribution >= 0.6 is 0 Å². The predicted molar refractivity (Wildman–Crippen MR) is 124 cm³/mol. The summed E-state index contributed by atoms with van der Waals surface area (Å²) < 4.78 is 0. The maximum atomic E-state index is 13.5. The van der Waals surface area contributed by atoms with Gasteiger partial charge in [-0.3, -0.25) is 9.59 Å². The van der Waals surface area contributed by atoms with Crippen molar-refractivity contribution in [1.29, 1.82) is 0 Å². The van der Waals surface area contributed by atoms with Gasteiger partial charge >= 0.3 is 6.03 Å². The van der Waals surface area contributed by atoms with Crippen LogP contribution in [-0.2, 0) is 16.0 Å². The van der Waals surface area contributed by atoms with Gasteiger partial charge in [0.2, 0.25) is 0 Å². The van der Waals surface area contributed by atoms with E-state index in [0.29, 0.717) is 19.6 Å². The number of benzene rings is 2. The van der Waals surface area contributed by atoms with Gasteiger partial charge in [-0.05, 0) is 56.7 Å². The SMILES string of the molecule is Cc1ccc(N2CCCC3(CCCN3C(=O)NCCc3ccccc3)C2=O)cc1.O=CO. The molecule has 0 radical (unpaired) electrons. The molecule has 2 aliphatic heterocycles. The van der Waals surface area contributed by atoms with Crippen LogP contribution in [0.1, 0.15) is 36.8 Å². The first-order valence-corrected chi connectivity index (χ1v) is 11.1. The van der Waals surface area contributed by atoms with E-state index >= 15 is 0 Å². The molecule has 7 heteroatoms. The highest BCUT2D eigenvalue weighted by atomic mass is 16.3. The normalized spacial score (nSPS) is 20.0. The molecule has 2 aromatic rings. The van der Waals surface area contributed by atoms with Gasteiger partial charge < -0.3 is 20.2 Å². The Morgan fingerprint density at radius 1 is 1.06 bits per heavy atom. The van der Waals surface area contributed by atoms with E-state index in [0.717, 1.165) is 37.8 Å². The van der Waals surface area contributed by atoms with E-state index in [9.17, 15) is 9.59 Å². The maximum Gasteiger partial charge on any atom is 0.318 e. The number of carbonyl (C=O) groups excluding carboxylic acids is 2. The lowest BCUT2D eigenvalue weighted by molar-refractivity contribution is -0.129. The van der Waals surface area contributed by atoms with Gasteiger partial charge in [-0.15, -0.1) is 0 Å². The number of hydrogen-bond acceptors (Lipinski definition) is 3. The smallest absolute Gasteiger partial charge is 0.318 e. The zero-order valence-electron chi connectivity index (χ0n) is 18.5. The summed E-state index contributed by atoms with van der Waals surface area (Å²) in [6, 6.07) is 18.1. The van der Waals surface area contributed by atoms with Crippen molar-refractivity contribution in [2.24, 2.45) is 0 Å². The zero-order chi connectivity index (χ0) is 23.0. The fourth-order valence-corrected chi connectivity index (χ4v) is 4.67. The number of piperidine rings is 1. The number of hydrogen-bond donors (Lipinski definition) is 2. The quantitative estimate of drug-likeness (QED) is 0.715. The molecule has 32 heavy (non-hydrogen) atoms. The van der Waals surface area contributed by atoms with Crippen LogP contribution in [0, 0.1) is 6.92 Å². The van der Waals surface area contributed by atoms with Crippen molar-refractivity contribution < 1.29 is 19.5 Å². The molecule has 0 aromatic heterocycles. The zero-order valence-corrected chi connectivity index (χ0v) is 18.5. The average Bonchev–Trinajstić information content (AvgIpc) is 3.22. The van der Waals surface area contributed by atoms with E-state index in [2.05, 4.69) is 17.4 Å². The van der Waals surface area contributed by atoms with Gasteiger partial charge in [0.1, 0.15) is 5.54 Å². The van der Waals surface area contributed by atoms with Gasteiger partial charge in [0, 0.05) is 25.3 Å². The molecule has 7 nitrogen and oxygen atoms in total. The van der Waals surface area contributed by atoms with Crippen molar-refractivity contribution in [2.75, 3.05) is 24.5 Å². The van der Waals surface area contributed by atoms with Crippen LogP contribution in [0.25, 0.3) is 0 Å². The minimum Gasteiger partial charge on any atom is -0.483 e. The van der Waals surface area contributed by atoms with Gasteiger partial charge in [-0.2, -0.15) is 0 Å². The van der Waals surface area contributed by atoms with E-state index in [1.807, 2.05) is 54.3 Å². The number of nitrogens with one attached hydrogen (secondary N) is 1. The summed E-state index contributed by atoms with van der Waals surface area (Å²) in [5.41, 5.74) is 2.60. The van der Waals surface area contributed by atoms with Crippen molar-refractivity contribution in [1.82, 2.24) is 10.2 Å². The lowest BCUT2D eigenvalue weighted by atomic mass is 9.85. The van der Waals surface area contributed by atoms with Crippen LogP contribution in [-0.4, -0.2) is 53.6 Å². The summed E-state index contributed by atoms with van der Waals surface area (Å²) in [6.45, 7) is 3.73. The van der Waals surface area contributed by atoms with Gasteiger partial charge in [-0.1, -0.05) is 48.0 Å². The fraction of sp³-hybridized carbons (Fsp3) is 0.400. The number of urea groups is 1. The number of rotatable bonds is 4. The van der Waals surface area contributed by atoms with E-state index < -0.39 is 5.54 Å². The van der Waals surface area contributed by atoms with Crippen molar-refractivity contribution in [3.05, 3.63) is 65.7 Å². The molecule has 1 unspecified atom stereocenters. The van der Waals surface area contributed by atoms with Crippen LogP contribution in [0.5, 0.6) is 0 Å². The topological polar surface area (TPSA) is 90.0 Å². The molecule has 2 aromatic carbocycles. The van der Waals surface area contributed by atoms with Gasteiger partial charge in [0.15, 0.2) is 0 Å². The second-order valence-electron chi connectivity index (χ2n) is 8.26. The van der Waals surface area contributed by atoms with Crippen LogP contribution in [0.3, 0.4) is 0 Å². The highest BCUT2D eigenvalue weighted by Crippen LogP contribution is 2.39. The van der Waals surface area contributed by atoms with Crippen LogP contribution in [0.4, 0.5) is 10.5 Å². The summed E-state index contributed by atoms with van der Waals surface area (Å²) in [6.07, 6.45) is 4.07. The second kappa shape index (κ2) is 10.8. The molecule has 1 atom stereocenters. The molecular weight excluding hydrogens is 406 g/mol. The van der Waals surface area contributed by atoms with Gasteiger partial charge in [0.05, 0.1) is 0 Å². The fourth-order valence-electron chi connectivity index (χ4n) is 4.67. The molecule has 2 N–H and O–H groups in total. The highest BCUT2D eigenvalue weighted by Gasteiger charge is 2.53. The van der Waals surface area contributed by atoms with Gasteiger partial charge in [0.25, 0.3) is 12.4 Å². The molecule has 2 fully saturated rings. The van der Waals surface area contributed by atoms with Crippen LogP contribution in [0.15, 0.2) is 54.6 Å². The van der Waals surface area contributed by atoms with Crippen molar-refractivity contribution in [2.45, 2.75) is 44.6 Å². The molecule has 4 rings (SSSR count). The molecule has 0 saturated carbocycles. The van der Waals surface area contributed by atoms with E-state index in [1.54, 1.807) is 4.90 Å². The minimum atomic E-state index is -0.694. The van der Waals surface area contributed by atoms with Crippen LogP contribution < -0.4 is 10.2 Å². The van der Waals surface area contributed by atoms with E-state index in [1.165, 1.54) is 11.1 Å². The third-order valence-electron chi connectivity index (χ3n) is 6.23. The number of carboxylic acid groups (broad SMARTS) is 1. The number of likely N-dealkylation sites (tertiary alicyclic amines) is 1. The van der Waals surface area contributed by atoms with Crippen molar-refractivity contribution in [3.8, 4) is 0 Å². The Morgan fingerprint density at radius 2 is 1.69 bits per heavy atom. The first-order valence-electron chi connectivity index (χ1n) is 11.1. The largest absolute Gasteiger partial charge is 0.483 e. The standard InChI is InChI=1S/C24H29N3O2.CH2O2/c1-19-9-11-21(12-10-19)26-17-5-14-24(22(26)28)15-6-18-27(24)23(29)25-16-13-20-7-3-2-4-8-20;2-1-3/h2-4,7-12H,5-6,13-18H2,1H3,(H,25,29);1H,(H,2,3). The van der Waals surface area contributed by atoms with Crippen LogP contribution in [0.2, 0.25) is 0 Å². The Hall–Kier alpha value is -3.35. The summed E-state index contributed by atoms with van der Waals surface area (Å²) in [5.74, 6) is 0.0725. The van der Waals surface area contributed by atoms with Gasteiger partial charge in [-0.25, -0.2) is 4.79 Å². The molecule has 3 amide bonds. The monoisotopic (exact) mass is 437 g/mol. The molecule has 2 heterocycles. The van der Waals surface area contributed by atoms with E-state index in [4.69, 9.17) is 9.90 Å². The Bertz CT molecular complexity index is 917. The summed E-state index contributed by atoms with van der Waals surface area (Å²) in [4.78, 5) is 38.6.